The summed E-state index contributed by atoms with van der Waals surface area (Å²) in [6.07, 6.45) is 4.49. The van der Waals surface area contributed by atoms with E-state index in [0.29, 0.717) is 10.9 Å². The lowest BCUT2D eigenvalue weighted by Gasteiger charge is -2.41. The van der Waals surface area contributed by atoms with Crippen molar-refractivity contribution in [3.8, 4) is 0 Å². The van der Waals surface area contributed by atoms with Crippen LogP contribution in [0, 0.1) is 5.92 Å². The number of hydrogen-bond acceptors (Lipinski definition) is 3. The molecule has 0 saturated carbocycles. The lowest BCUT2D eigenvalue weighted by molar-refractivity contribution is -0.0651. The van der Waals surface area contributed by atoms with Crippen LogP contribution in [0.4, 0.5) is 0 Å². The number of likely N-dealkylation sites (tertiary alicyclic amines) is 1. The Hall–Kier alpha value is 0.270. The second kappa shape index (κ2) is 5.94. The molecule has 0 bridgehead atoms. The van der Waals surface area contributed by atoms with E-state index in [4.69, 9.17) is 4.74 Å². The molecule has 2 rings (SSSR count). The first-order valence-electron chi connectivity index (χ1n) is 7.02. The zero-order chi connectivity index (χ0) is 12.3. The minimum atomic E-state index is 0.409. The molecule has 0 aromatic rings. The standard InChI is InChI=1S/C14H27NOS/c1-14(2,3)17-10-8-15-7-6-13-12(11-15)5-4-9-16-13/h12-13H,4-11H2,1-3H3/t12-,13-/m1/s1. The summed E-state index contributed by atoms with van der Waals surface area (Å²) >= 11 is 2.08. The van der Waals surface area contributed by atoms with Crippen molar-refractivity contribution < 1.29 is 4.74 Å². The second-order valence-electron chi connectivity index (χ2n) is 6.36. The van der Waals surface area contributed by atoms with Gasteiger partial charge in [0.1, 0.15) is 0 Å². The smallest absolute Gasteiger partial charge is 0.0627 e. The average molecular weight is 257 g/mol. The first-order valence-corrected chi connectivity index (χ1v) is 8.01. The van der Waals surface area contributed by atoms with Gasteiger partial charge in [-0.25, -0.2) is 0 Å². The van der Waals surface area contributed by atoms with Crippen LogP contribution in [-0.4, -0.2) is 47.7 Å². The first kappa shape index (κ1) is 13.7. The fraction of sp³-hybridized carbons (Fsp3) is 1.00. The van der Waals surface area contributed by atoms with Crippen LogP contribution in [0.3, 0.4) is 0 Å². The predicted molar refractivity (Wildman–Crippen MR) is 75.7 cm³/mol. The highest BCUT2D eigenvalue weighted by Crippen LogP contribution is 2.29. The molecule has 0 radical (unpaired) electrons. The number of ether oxygens (including phenoxy) is 1. The third kappa shape index (κ3) is 4.46. The third-order valence-electron chi connectivity index (χ3n) is 3.74. The summed E-state index contributed by atoms with van der Waals surface area (Å²) in [6.45, 7) is 11.7. The molecular formula is C14H27NOS. The Morgan fingerprint density at radius 3 is 2.88 bits per heavy atom. The SMILES string of the molecule is CC(C)(C)SCCN1CC[C@H]2OCCC[C@@H]2C1. The van der Waals surface area contributed by atoms with Crippen molar-refractivity contribution in [3.63, 3.8) is 0 Å². The molecule has 0 N–H and O–H groups in total. The van der Waals surface area contributed by atoms with Crippen LogP contribution in [0.5, 0.6) is 0 Å². The van der Waals surface area contributed by atoms with Crippen molar-refractivity contribution in [1.29, 1.82) is 0 Å². The van der Waals surface area contributed by atoms with E-state index in [9.17, 15) is 0 Å². The maximum atomic E-state index is 5.86. The van der Waals surface area contributed by atoms with E-state index >= 15 is 0 Å². The normalized spacial score (nSPS) is 31.2. The molecule has 2 nitrogen and oxygen atoms in total. The largest absolute Gasteiger partial charge is 0.378 e. The molecule has 0 amide bonds. The highest BCUT2D eigenvalue weighted by atomic mass is 32.2. The van der Waals surface area contributed by atoms with E-state index < -0.39 is 0 Å². The van der Waals surface area contributed by atoms with Gasteiger partial charge in [0.05, 0.1) is 6.10 Å². The molecule has 2 aliphatic rings. The van der Waals surface area contributed by atoms with Gasteiger partial charge in [0.25, 0.3) is 0 Å². The van der Waals surface area contributed by atoms with Gasteiger partial charge >= 0.3 is 0 Å². The van der Waals surface area contributed by atoms with E-state index in [1.165, 1.54) is 44.6 Å². The Balaban J connectivity index is 1.69. The predicted octanol–water partition coefficient (Wildman–Crippen LogP) is 3.02. The van der Waals surface area contributed by atoms with Gasteiger partial charge in [-0.05, 0) is 25.2 Å². The Morgan fingerprint density at radius 2 is 2.12 bits per heavy atom. The first-order chi connectivity index (χ1) is 8.04. The van der Waals surface area contributed by atoms with Crippen LogP contribution in [0.2, 0.25) is 0 Å². The van der Waals surface area contributed by atoms with Crippen LogP contribution in [0.15, 0.2) is 0 Å². The number of hydrogen-bond donors (Lipinski definition) is 0. The molecule has 2 aliphatic heterocycles. The molecule has 0 aromatic heterocycles. The lowest BCUT2D eigenvalue weighted by atomic mass is 9.88. The summed E-state index contributed by atoms with van der Waals surface area (Å²) in [6, 6.07) is 0. The van der Waals surface area contributed by atoms with Gasteiger partial charge in [0, 0.05) is 36.7 Å². The molecule has 3 heteroatoms. The summed E-state index contributed by atoms with van der Waals surface area (Å²) in [4.78, 5) is 2.65. The van der Waals surface area contributed by atoms with Crippen LogP contribution in [0.25, 0.3) is 0 Å². The zero-order valence-electron chi connectivity index (χ0n) is 11.6. The molecule has 0 aromatic carbocycles. The molecule has 0 spiro atoms. The number of nitrogens with zero attached hydrogens (tertiary/aromatic N) is 1. The van der Waals surface area contributed by atoms with Gasteiger partial charge < -0.3 is 9.64 Å². The van der Waals surface area contributed by atoms with Crippen LogP contribution in [-0.2, 0) is 4.74 Å². The number of rotatable bonds is 3. The number of fused-ring (bicyclic) bond motifs is 1. The summed E-state index contributed by atoms with van der Waals surface area (Å²) in [5.74, 6) is 2.08. The van der Waals surface area contributed by atoms with E-state index in [0.717, 1.165) is 12.5 Å². The average Bonchev–Trinajstić information content (AvgIpc) is 2.27. The summed E-state index contributed by atoms with van der Waals surface area (Å²) in [5.41, 5.74) is 0. The number of piperidine rings is 1. The van der Waals surface area contributed by atoms with Gasteiger partial charge in [-0.2, -0.15) is 11.8 Å². The number of thioether (sulfide) groups is 1. The van der Waals surface area contributed by atoms with E-state index in [-0.39, 0.29) is 0 Å². The fourth-order valence-electron chi connectivity index (χ4n) is 2.85. The maximum absolute atomic E-state index is 5.86. The lowest BCUT2D eigenvalue weighted by Crippen LogP contribution is -2.46. The quantitative estimate of drug-likeness (QED) is 0.771. The van der Waals surface area contributed by atoms with Gasteiger partial charge in [-0.15, -0.1) is 0 Å². The van der Waals surface area contributed by atoms with E-state index in [1.807, 2.05) is 0 Å². The van der Waals surface area contributed by atoms with Gasteiger partial charge in [0.2, 0.25) is 0 Å². The minimum absolute atomic E-state index is 0.409. The molecular weight excluding hydrogens is 230 g/mol. The molecule has 17 heavy (non-hydrogen) atoms. The highest BCUT2D eigenvalue weighted by Gasteiger charge is 2.31. The van der Waals surface area contributed by atoms with Crippen molar-refractivity contribution in [2.24, 2.45) is 5.92 Å². The minimum Gasteiger partial charge on any atom is -0.378 e. The molecule has 2 fully saturated rings. The van der Waals surface area contributed by atoms with Crippen LogP contribution in [0.1, 0.15) is 40.0 Å². The Bertz CT molecular complexity index is 239. The van der Waals surface area contributed by atoms with E-state index in [1.54, 1.807) is 0 Å². The molecule has 2 atom stereocenters. The Kier molecular flexibility index (Phi) is 4.79. The summed E-state index contributed by atoms with van der Waals surface area (Å²) < 4.78 is 6.27. The Labute approximate surface area is 110 Å². The maximum Gasteiger partial charge on any atom is 0.0627 e. The van der Waals surface area contributed by atoms with E-state index in [2.05, 4.69) is 37.4 Å². The molecule has 2 saturated heterocycles. The molecule has 2 heterocycles. The molecule has 0 unspecified atom stereocenters. The van der Waals surface area contributed by atoms with Crippen molar-refractivity contribution >= 4 is 11.8 Å². The summed E-state index contributed by atoms with van der Waals surface area (Å²) in [5, 5.41) is 0. The van der Waals surface area contributed by atoms with Crippen molar-refractivity contribution in [2.45, 2.75) is 50.9 Å². The zero-order valence-corrected chi connectivity index (χ0v) is 12.4. The van der Waals surface area contributed by atoms with Crippen LogP contribution < -0.4 is 0 Å². The molecule has 100 valence electrons. The highest BCUT2D eigenvalue weighted by molar-refractivity contribution is 8.00. The monoisotopic (exact) mass is 257 g/mol. The fourth-order valence-corrected chi connectivity index (χ4v) is 3.81. The Morgan fingerprint density at radius 1 is 1.29 bits per heavy atom. The van der Waals surface area contributed by atoms with Crippen molar-refractivity contribution in [3.05, 3.63) is 0 Å². The second-order valence-corrected chi connectivity index (χ2v) is 8.28. The van der Waals surface area contributed by atoms with Gasteiger partial charge in [0.15, 0.2) is 0 Å². The van der Waals surface area contributed by atoms with Crippen molar-refractivity contribution in [2.75, 3.05) is 32.0 Å². The molecule has 0 aliphatic carbocycles. The summed E-state index contributed by atoms with van der Waals surface area (Å²) in [7, 11) is 0. The van der Waals surface area contributed by atoms with Crippen LogP contribution >= 0.6 is 11.8 Å². The van der Waals surface area contributed by atoms with Gasteiger partial charge in [-0.3, -0.25) is 0 Å². The van der Waals surface area contributed by atoms with Gasteiger partial charge in [-0.1, -0.05) is 20.8 Å². The van der Waals surface area contributed by atoms with Crippen molar-refractivity contribution in [1.82, 2.24) is 4.90 Å². The third-order valence-corrected chi connectivity index (χ3v) is 4.99. The topological polar surface area (TPSA) is 12.5 Å².